The largest absolute Gasteiger partial charge is 0.480 e. The van der Waals surface area contributed by atoms with Gasteiger partial charge in [0, 0.05) is 19.2 Å². The van der Waals surface area contributed by atoms with Gasteiger partial charge in [-0.15, -0.1) is 0 Å². The highest BCUT2D eigenvalue weighted by Gasteiger charge is 2.22. The number of aromatic nitrogens is 3. The number of hydrogen-bond acceptors (Lipinski definition) is 4. The molecule has 0 unspecified atom stereocenters. The predicted octanol–water partition coefficient (Wildman–Crippen LogP) is 1.43. The van der Waals surface area contributed by atoms with Crippen LogP contribution in [0.2, 0.25) is 0 Å². The van der Waals surface area contributed by atoms with Gasteiger partial charge in [-0.05, 0) is 43.7 Å². The van der Waals surface area contributed by atoms with Crippen LogP contribution < -0.4 is 10.9 Å². The number of carboxylic acid groups (broad SMARTS) is 1. The number of nitrogens with zero attached hydrogens (tertiary/aromatic N) is 2. The lowest BCUT2D eigenvalue weighted by molar-refractivity contribution is -0.142. The summed E-state index contributed by atoms with van der Waals surface area (Å²) in [6.45, 7) is 7.51. The Kier molecular flexibility index (Phi) is 5.84. The second-order valence-electron chi connectivity index (χ2n) is 7.09. The lowest BCUT2D eigenvalue weighted by atomic mass is 9.99. The van der Waals surface area contributed by atoms with E-state index in [-0.39, 0.29) is 23.8 Å². The molecule has 0 spiro atoms. The number of amides is 1. The van der Waals surface area contributed by atoms with Crippen molar-refractivity contribution in [3.63, 3.8) is 0 Å². The highest BCUT2D eigenvalue weighted by atomic mass is 16.4. The molecule has 2 aromatic heterocycles. The van der Waals surface area contributed by atoms with E-state index in [1.807, 2.05) is 27.7 Å². The van der Waals surface area contributed by atoms with Crippen molar-refractivity contribution in [1.29, 1.82) is 0 Å². The van der Waals surface area contributed by atoms with E-state index < -0.39 is 12.0 Å². The maximum Gasteiger partial charge on any atom is 0.326 e. The number of rotatable bonds is 7. The van der Waals surface area contributed by atoms with Crippen LogP contribution in [0.3, 0.4) is 0 Å². The lowest BCUT2D eigenvalue weighted by Crippen LogP contribution is -2.41. The monoisotopic (exact) mass is 362 g/mol. The molecule has 8 nitrogen and oxygen atoms in total. The summed E-state index contributed by atoms with van der Waals surface area (Å²) in [5, 5.41) is 15.0. The Morgan fingerprint density at radius 1 is 1.31 bits per heavy atom. The molecule has 2 aromatic rings. The normalized spacial score (nSPS) is 12.5. The fourth-order valence-corrected chi connectivity index (χ4v) is 3.21. The van der Waals surface area contributed by atoms with E-state index in [0.29, 0.717) is 23.9 Å². The molecular weight excluding hydrogens is 336 g/mol. The van der Waals surface area contributed by atoms with Gasteiger partial charge >= 0.3 is 5.97 Å². The maximum atomic E-state index is 12.2. The highest BCUT2D eigenvalue weighted by molar-refractivity contribution is 5.84. The number of H-pyrrole nitrogens is 1. The molecule has 0 aliphatic rings. The Bertz CT molecular complexity index is 895. The number of aliphatic carboxylic acids is 1. The van der Waals surface area contributed by atoms with Crippen molar-refractivity contribution < 1.29 is 14.7 Å². The summed E-state index contributed by atoms with van der Waals surface area (Å²) >= 11 is 0. The number of carboxylic acids is 1. The van der Waals surface area contributed by atoms with Crippen LogP contribution in [0, 0.1) is 19.8 Å². The number of nitrogens with one attached hydrogen (secondary N) is 2. The van der Waals surface area contributed by atoms with Gasteiger partial charge in [0.25, 0.3) is 5.56 Å². The van der Waals surface area contributed by atoms with Gasteiger partial charge in [0.15, 0.2) is 5.65 Å². The minimum absolute atomic E-state index is 0.140. The minimum atomic E-state index is -1.03. The van der Waals surface area contributed by atoms with Gasteiger partial charge in [-0.1, -0.05) is 13.8 Å². The predicted molar refractivity (Wildman–Crippen MR) is 98.2 cm³/mol. The average Bonchev–Trinajstić information content (AvgIpc) is 2.80. The molecule has 2 rings (SSSR count). The van der Waals surface area contributed by atoms with Crippen LogP contribution in [0.5, 0.6) is 0 Å². The van der Waals surface area contributed by atoms with E-state index in [1.165, 1.54) is 0 Å². The molecule has 0 bridgehead atoms. The first-order valence-electron chi connectivity index (χ1n) is 8.68. The Morgan fingerprint density at radius 2 is 1.96 bits per heavy atom. The van der Waals surface area contributed by atoms with Crippen LogP contribution in [0.1, 0.15) is 43.5 Å². The Balaban J connectivity index is 2.16. The van der Waals surface area contributed by atoms with Crippen molar-refractivity contribution in [2.45, 2.75) is 53.0 Å². The lowest BCUT2D eigenvalue weighted by Gasteiger charge is -2.17. The van der Waals surface area contributed by atoms with Crippen LogP contribution in [0.25, 0.3) is 11.0 Å². The van der Waals surface area contributed by atoms with Crippen molar-refractivity contribution in [2.75, 3.05) is 0 Å². The van der Waals surface area contributed by atoms with Crippen molar-refractivity contribution in [2.24, 2.45) is 13.0 Å². The molecule has 3 N–H and O–H groups in total. The van der Waals surface area contributed by atoms with Crippen LogP contribution in [0.4, 0.5) is 0 Å². The molecule has 0 aliphatic carbocycles. The molecule has 1 amide bonds. The molecule has 142 valence electrons. The molecule has 0 radical (unpaired) electrons. The quantitative estimate of drug-likeness (QED) is 0.689. The van der Waals surface area contributed by atoms with Crippen molar-refractivity contribution >= 4 is 22.9 Å². The van der Waals surface area contributed by atoms with Crippen molar-refractivity contribution in [3.8, 4) is 0 Å². The van der Waals surface area contributed by atoms with E-state index in [0.717, 1.165) is 16.8 Å². The number of carbonyl (C=O) groups is 2. The summed E-state index contributed by atoms with van der Waals surface area (Å²) in [7, 11) is 1.73. The summed E-state index contributed by atoms with van der Waals surface area (Å²) in [6.07, 6.45) is 0.919. The van der Waals surface area contributed by atoms with E-state index in [4.69, 9.17) is 0 Å². The standard InChI is InChI=1S/C18H26N4O4/c1-9(2)8-13(18(25)26)20-14(23)7-6-12-10(3)15-16(19-11(12)4)22(5)21-17(15)24/h9,13H,6-8H2,1-5H3,(H,20,23)(H,21,24)(H,25,26)/t13-/m1/s1. The zero-order valence-electron chi connectivity index (χ0n) is 15.8. The van der Waals surface area contributed by atoms with Gasteiger partial charge < -0.3 is 10.4 Å². The molecule has 0 fully saturated rings. The number of aromatic amines is 1. The van der Waals surface area contributed by atoms with E-state index in [1.54, 1.807) is 11.7 Å². The maximum absolute atomic E-state index is 12.2. The molecule has 1 atom stereocenters. The first kappa shape index (κ1) is 19.7. The second kappa shape index (κ2) is 7.72. The molecule has 0 saturated heterocycles. The second-order valence-corrected chi connectivity index (χ2v) is 7.09. The zero-order valence-corrected chi connectivity index (χ0v) is 15.8. The molecule has 2 heterocycles. The fraction of sp³-hybridized carbons (Fsp3) is 0.556. The van der Waals surface area contributed by atoms with Gasteiger partial charge in [0.2, 0.25) is 5.91 Å². The zero-order chi connectivity index (χ0) is 19.6. The third kappa shape index (κ3) is 4.12. The van der Waals surface area contributed by atoms with Gasteiger partial charge in [0.1, 0.15) is 6.04 Å². The molecule has 0 aromatic carbocycles. The summed E-state index contributed by atoms with van der Waals surface area (Å²) in [5.74, 6) is -1.19. The van der Waals surface area contributed by atoms with Crippen LogP contribution >= 0.6 is 0 Å². The minimum Gasteiger partial charge on any atom is -0.480 e. The smallest absolute Gasteiger partial charge is 0.326 e. The van der Waals surface area contributed by atoms with Crippen LogP contribution in [-0.2, 0) is 23.1 Å². The molecule has 26 heavy (non-hydrogen) atoms. The number of hydrogen-bond donors (Lipinski definition) is 3. The SMILES string of the molecule is Cc1nc2c(c(C)c1CCC(=O)N[C@H](CC(C)C)C(=O)O)c(=O)[nH]n2C. The van der Waals surface area contributed by atoms with Gasteiger partial charge in [-0.25, -0.2) is 9.78 Å². The van der Waals surface area contributed by atoms with Crippen molar-refractivity contribution in [3.05, 3.63) is 27.2 Å². The van der Waals surface area contributed by atoms with Gasteiger partial charge in [-0.2, -0.15) is 0 Å². The summed E-state index contributed by atoms with van der Waals surface area (Å²) < 4.78 is 1.58. The van der Waals surface area contributed by atoms with Gasteiger partial charge in [-0.3, -0.25) is 19.4 Å². The topological polar surface area (TPSA) is 117 Å². The molecular formula is C18H26N4O4. The van der Waals surface area contributed by atoms with Crippen molar-refractivity contribution in [1.82, 2.24) is 20.1 Å². The number of fused-ring (bicyclic) bond motifs is 1. The summed E-state index contributed by atoms with van der Waals surface area (Å²) in [6, 6.07) is -0.887. The van der Waals surface area contributed by atoms with E-state index in [9.17, 15) is 19.5 Å². The first-order valence-corrected chi connectivity index (χ1v) is 8.68. The number of aryl methyl sites for hydroxylation is 3. The summed E-state index contributed by atoms with van der Waals surface area (Å²) in [5.41, 5.74) is 2.79. The first-order chi connectivity index (χ1) is 12.1. The Hall–Kier alpha value is -2.64. The fourth-order valence-electron chi connectivity index (χ4n) is 3.21. The third-order valence-electron chi connectivity index (χ3n) is 4.52. The van der Waals surface area contributed by atoms with Crippen LogP contribution in [0.15, 0.2) is 4.79 Å². The van der Waals surface area contributed by atoms with E-state index in [2.05, 4.69) is 15.4 Å². The number of carbonyl (C=O) groups excluding carboxylic acids is 1. The van der Waals surface area contributed by atoms with Gasteiger partial charge in [0.05, 0.1) is 5.39 Å². The van der Waals surface area contributed by atoms with Crippen LogP contribution in [-0.4, -0.2) is 37.8 Å². The van der Waals surface area contributed by atoms with E-state index >= 15 is 0 Å². The Morgan fingerprint density at radius 3 is 2.54 bits per heavy atom. The Labute approximate surface area is 151 Å². The summed E-state index contributed by atoms with van der Waals surface area (Å²) in [4.78, 5) is 40.0. The third-order valence-corrected chi connectivity index (χ3v) is 4.52. The highest BCUT2D eigenvalue weighted by Crippen LogP contribution is 2.21. The number of pyridine rings is 1. The molecule has 0 saturated carbocycles. The average molecular weight is 362 g/mol. The molecule has 8 heteroatoms. The molecule has 0 aliphatic heterocycles.